The molecule has 1 aromatic rings. The standard InChI is InChI=1S/C9H11N3O2/c10-5-1-4-8-11-9(12-14-8)7-3-2-6-13-7/h7H,1-4,6H2. The smallest absolute Gasteiger partial charge is 0.227 e. The second-order valence-corrected chi connectivity index (χ2v) is 3.21. The Balaban J connectivity index is 1.98. The van der Waals surface area contributed by atoms with Crippen LogP contribution in [-0.4, -0.2) is 16.7 Å². The normalized spacial score (nSPS) is 20.9. The summed E-state index contributed by atoms with van der Waals surface area (Å²) < 4.78 is 10.4. The van der Waals surface area contributed by atoms with Crippen LogP contribution < -0.4 is 0 Å². The van der Waals surface area contributed by atoms with Gasteiger partial charge >= 0.3 is 0 Å². The van der Waals surface area contributed by atoms with Gasteiger partial charge in [0.25, 0.3) is 0 Å². The summed E-state index contributed by atoms with van der Waals surface area (Å²) in [6.45, 7) is 0.771. The summed E-state index contributed by atoms with van der Waals surface area (Å²) in [6, 6.07) is 2.04. The van der Waals surface area contributed by atoms with E-state index in [1.807, 2.05) is 6.07 Å². The molecular formula is C9H11N3O2. The highest BCUT2D eigenvalue weighted by atomic mass is 16.5. The first-order valence-electron chi connectivity index (χ1n) is 4.71. The first-order chi connectivity index (χ1) is 6.90. The summed E-state index contributed by atoms with van der Waals surface area (Å²) in [5, 5.41) is 12.2. The lowest BCUT2D eigenvalue weighted by Gasteiger charge is -2.00. The molecule has 0 radical (unpaired) electrons. The first-order valence-corrected chi connectivity index (χ1v) is 4.71. The molecule has 0 spiro atoms. The molecule has 0 saturated carbocycles. The van der Waals surface area contributed by atoms with E-state index in [0.29, 0.717) is 24.6 Å². The summed E-state index contributed by atoms with van der Waals surface area (Å²) in [5.41, 5.74) is 0. The maximum atomic E-state index is 8.38. The topological polar surface area (TPSA) is 71.9 Å². The van der Waals surface area contributed by atoms with Crippen molar-refractivity contribution in [1.29, 1.82) is 5.26 Å². The van der Waals surface area contributed by atoms with E-state index in [-0.39, 0.29) is 6.10 Å². The Bertz CT molecular complexity index is 336. The number of rotatable bonds is 3. The second kappa shape index (κ2) is 4.20. The molecule has 5 nitrogen and oxygen atoms in total. The minimum Gasteiger partial charge on any atom is -0.370 e. The van der Waals surface area contributed by atoms with Gasteiger partial charge in [0.15, 0.2) is 0 Å². The summed E-state index contributed by atoms with van der Waals surface area (Å²) in [7, 11) is 0. The largest absolute Gasteiger partial charge is 0.370 e. The minimum atomic E-state index is -0.00501. The van der Waals surface area contributed by atoms with Crippen LogP contribution >= 0.6 is 0 Å². The van der Waals surface area contributed by atoms with Gasteiger partial charge in [-0.15, -0.1) is 0 Å². The maximum Gasteiger partial charge on any atom is 0.227 e. The molecule has 1 saturated heterocycles. The number of aryl methyl sites for hydroxylation is 1. The number of ether oxygens (including phenoxy) is 1. The molecule has 14 heavy (non-hydrogen) atoms. The Morgan fingerprint density at radius 2 is 2.50 bits per heavy atom. The lowest BCUT2D eigenvalue weighted by atomic mass is 10.2. The van der Waals surface area contributed by atoms with Gasteiger partial charge in [-0.2, -0.15) is 10.2 Å². The molecule has 0 aromatic carbocycles. The van der Waals surface area contributed by atoms with Crippen LogP contribution in [0.1, 0.15) is 37.1 Å². The van der Waals surface area contributed by atoms with Crippen molar-refractivity contribution in [3.63, 3.8) is 0 Å². The molecule has 0 amide bonds. The van der Waals surface area contributed by atoms with Gasteiger partial charge in [0, 0.05) is 19.4 Å². The number of hydrogen-bond donors (Lipinski definition) is 0. The molecule has 5 heteroatoms. The molecule has 1 unspecified atom stereocenters. The van der Waals surface area contributed by atoms with Crippen LogP contribution in [-0.2, 0) is 11.2 Å². The number of aromatic nitrogens is 2. The van der Waals surface area contributed by atoms with E-state index in [4.69, 9.17) is 14.5 Å². The molecule has 2 heterocycles. The summed E-state index contributed by atoms with van der Waals surface area (Å²) in [6.07, 6.45) is 2.93. The highest BCUT2D eigenvalue weighted by molar-refractivity contribution is 4.94. The van der Waals surface area contributed by atoms with Crippen molar-refractivity contribution in [2.24, 2.45) is 0 Å². The predicted molar refractivity (Wildman–Crippen MR) is 46.2 cm³/mol. The Labute approximate surface area is 81.7 Å². The van der Waals surface area contributed by atoms with Crippen molar-refractivity contribution in [1.82, 2.24) is 10.1 Å². The molecule has 2 rings (SSSR count). The van der Waals surface area contributed by atoms with E-state index in [1.54, 1.807) is 0 Å². The third-order valence-corrected chi connectivity index (χ3v) is 2.15. The lowest BCUT2D eigenvalue weighted by molar-refractivity contribution is 0.103. The first kappa shape index (κ1) is 9.16. The molecule has 1 aromatic heterocycles. The van der Waals surface area contributed by atoms with E-state index >= 15 is 0 Å². The van der Waals surface area contributed by atoms with Gasteiger partial charge in [0.05, 0.1) is 6.07 Å². The zero-order chi connectivity index (χ0) is 9.80. The molecule has 1 aliphatic rings. The van der Waals surface area contributed by atoms with Gasteiger partial charge < -0.3 is 9.26 Å². The van der Waals surface area contributed by atoms with Gasteiger partial charge in [0.2, 0.25) is 11.7 Å². The maximum absolute atomic E-state index is 8.38. The van der Waals surface area contributed by atoms with E-state index in [9.17, 15) is 0 Å². The molecule has 0 aliphatic carbocycles. The third-order valence-electron chi connectivity index (χ3n) is 2.15. The number of nitriles is 1. The Morgan fingerprint density at radius 3 is 3.21 bits per heavy atom. The molecule has 0 N–H and O–H groups in total. The van der Waals surface area contributed by atoms with Crippen LogP contribution in [0.4, 0.5) is 0 Å². The number of nitrogens with zero attached hydrogens (tertiary/aromatic N) is 3. The Hall–Kier alpha value is -1.41. The van der Waals surface area contributed by atoms with E-state index in [2.05, 4.69) is 10.1 Å². The van der Waals surface area contributed by atoms with Crippen molar-refractivity contribution >= 4 is 0 Å². The predicted octanol–water partition coefficient (Wildman–Crippen LogP) is 1.38. The summed E-state index contributed by atoms with van der Waals surface area (Å²) in [5.74, 6) is 1.15. The molecule has 1 aliphatic heterocycles. The zero-order valence-electron chi connectivity index (χ0n) is 7.77. The fraction of sp³-hybridized carbons (Fsp3) is 0.667. The van der Waals surface area contributed by atoms with Crippen LogP contribution in [0, 0.1) is 11.3 Å². The van der Waals surface area contributed by atoms with Crippen molar-refractivity contribution < 1.29 is 9.26 Å². The molecule has 1 atom stereocenters. The fourth-order valence-electron chi connectivity index (χ4n) is 1.44. The molecule has 0 bridgehead atoms. The summed E-state index contributed by atoms with van der Waals surface area (Å²) in [4.78, 5) is 4.18. The average molecular weight is 193 g/mol. The van der Waals surface area contributed by atoms with Crippen LogP contribution in [0.15, 0.2) is 4.52 Å². The quantitative estimate of drug-likeness (QED) is 0.725. The highest BCUT2D eigenvalue weighted by Crippen LogP contribution is 2.26. The van der Waals surface area contributed by atoms with E-state index < -0.39 is 0 Å². The van der Waals surface area contributed by atoms with Gasteiger partial charge in [-0.25, -0.2) is 0 Å². The monoisotopic (exact) mass is 193 g/mol. The van der Waals surface area contributed by atoms with Gasteiger partial charge in [-0.3, -0.25) is 0 Å². The number of hydrogen-bond acceptors (Lipinski definition) is 5. The van der Waals surface area contributed by atoms with Crippen molar-refractivity contribution in [3.8, 4) is 6.07 Å². The van der Waals surface area contributed by atoms with Crippen LogP contribution in [0.25, 0.3) is 0 Å². The highest BCUT2D eigenvalue weighted by Gasteiger charge is 2.22. The Kier molecular flexibility index (Phi) is 2.75. The summed E-state index contributed by atoms with van der Waals surface area (Å²) >= 11 is 0. The van der Waals surface area contributed by atoms with Crippen LogP contribution in [0.5, 0.6) is 0 Å². The van der Waals surface area contributed by atoms with Gasteiger partial charge in [0.1, 0.15) is 6.10 Å². The third kappa shape index (κ3) is 1.91. The van der Waals surface area contributed by atoms with Crippen LogP contribution in [0.2, 0.25) is 0 Å². The average Bonchev–Trinajstić information content (AvgIpc) is 2.85. The van der Waals surface area contributed by atoms with Gasteiger partial charge in [-0.1, -0.05) is 5.16 Å². The van der Waals surface area contributed by atoms with E-state index in [0.717, 1.165) is 19.4 Å². The van der Waals surface area contributed by atoms with Crippen molar-refractivity contribution in [2.45, 2.75) is 31.8 Å². The second-order valence-electron chi connectivity index (χ2n) is 3.21. The van der Waals surface area contributed by atoms with Crippen molar-refractivity contribution in [3.05, 3.63) is 11.7 Å². The fourth-order valence-corrected chi connectivity index (χ4v) is 1.44. The molecule has 1 fully saturated rings. The van der Waals surface area contributed by atoms with E-state index in [1.165, 1.54) is 0 Å². The minimum absolute atomic E-state index is 0.00501. The SMILES string of the molecule is N#CCCc1nc(C2CCCO2)no1. The lowest BCUT2D eigenvalue weighted by Crippen LogP contribution is -1.98. The van der Waals surface area contributed by atoms with Crippen molar-refractivity contribution in [2.75, 3.05) is 6.61 Å². The molecule has 74 valence electrons. The molecular weight excluding hydrogens is 182 g/mol. The Morgan fingerprint density at radius 1 is 1.57 bits per heavy atom. The van der Waals surface area contributed by atoms with Crippen LogP contribution in [0.3, 0.4) is 0 Å². The van der Waals surface area contributed by atoms with Gasteiger partial charge in [-0.05, 0) is 12.8 Å². The zero-order valence-corrected chi connectivity index (χ0v) is 7.77.